The number of carbonyl (C=O) groups excluding carboxylic acids is 1. The molecule has 35 heavy (non-hydrogen) atoms. The van der Waals surface area contributed by atoms with E-state index >= 15 is 0 Å². The number of amides is 1. The number of hydrogen-bond acceptors (Lipinski definition) is 5. The van der Waals surface area contributed by atoms with Crippen LogP contribution in [0.4, 0.5) is 10.1 Å². The molecule has 2 saturated carbocycles. The molecule has 1 N–H and O–H groups in total. The normalized spacial score (nSPS) is 23.6. The number of benzene rings is 2. The molecular formula is C27H26FN5O2. The highest BCUT2D eigenvalue weighted by atomic mass is 19.1. The van der Waals surface area contributed by atoms with Crippen LogP contribution < -0.4 is 10.1 Å². The summed E-state index contributed by atoms with van der Waals surface area (Å²) in [4.78, 5) is 17.2. The maximum atomic E-state index is 13.7. The van der Waals surface area contributed by atoms with Crippen LogP contribution in [-0.4, -0.2) is 31.8 Å². The van der Waals surface area contributed by atoms with Gasteiger partial charge >= 0.3 is 0 Å². The highest BCUT2D eigenvalue weighted by Crippen LogP contribution is 2.61. The number of nitrogens with one attached hydrogen (secondary N) is 1. The van der Waals surface area contributed by atoms with Crippen LogP contribution in [0.1, 0.15) is 19.8 Å². The summed E-state index contributed by atoms with van der Waals surface area (Å²) in [5, 5.41) is 11.8. The average Bonchev–Trinajstić information content (AvgIpc) is 3.15. The van der Waals surface area contributed by atoms with Crippen LogP contribution in [-0.2, 0) is 11.8 Å². The molecule has 2 aliphatic carbocycles. The van der Waals surface area contributed by atoms with Crippen molar-refractivity contribution < 1.29 is 13.9 Å². The van der Waals surface area contributed by atoms with Crippen molar-refractivity contribution in [1.29, 1.82) is 0 Å². The van der Waals surface area contributed by atoms with Crippen LogP contribution in [0.15, 0.2) is 61.1 Å². The molecule has 8 heteroatoms. The molecule has 0 saturated heterocycles. The number of aromatic nitrogens is 4. The molecule has 2 heterocycles. The number of nitrogens with zero attached hydrogens (tertiary/aromatic N) is 4. The van der Waals surface area contributed by atoms with Crippen molar-refractivity contribution in [2.45, 2.75) is 25.9 Å². The minimum absolute atomic E-state index is 0.0453. The molecule has 2 aliphatic rings. The van der Waals surface area contributed by atoms with Crippen LogP contribution in [0.2, 0.25) is 0 Å². The summed E-state index contributed by atoms with van der Waals surface area (Å²) in [6.07, 6.45) is 5.27. The summed E-state index contributed by atoms with van der Waals surface area (Å²) in [7, 11) is 1.90. The monoisotopic (exact) mass is 471 g/mol. The van der Waals surface area contributed by atoms with Gasteiger partial charge in [0.15, 0.2) is 5.82 Å². The molecule has 0 radical (unpaired) electrons. The second-order valence-electron chi connectivity index (χ2n) is 9.71. The van der Waals surface area contributed by atoms with E-state index in [2.05, 4.69) is 20.5 Å². The van der Waals surface area contributed by atoms with Crippen LogP contribution in [0.5, 0.6) is 5.75 Å². The molecule has 0 bridgehead atoms. The number of rotatable bonds is 6. The Bertz CT molecular complexity index is 1390. The van der Waals surface area contributed by atoms with Crippen molar-refractivity contribution in [2.24, 2.45) is 30.7 Å². The summed E-state index contributed by atoms with van der Waals surface area (Å²) in [6, 6.07) is 14.0. The number of hydrogen-bond donors (Lipinski definition) is 1. The SMILES string of the molecule is CC(C(=O)Nc1ccc(-c2nncn2C)cc1)[C@H]1[C@@H]2C[C@@H](Oc3ccnc4ccc(F)cc34)C[C@@H]21. The van der Waals surface area contributed by atoms with Gasteiger partial charge in [0.25, 0.3) is 0 Å². The van der Waals surface area contributed by atoms with Crippen LogP contribution in [0.3, 0.4) is 0 Å². The van der Waals surface area contributed by atoms with Gasteiger partial charge in [0.05, 0.1) is 11.6 Å². The van der Waals surface area contributed by atoms with E-state index in [0.717, 1.165) is 35.4 Å². The summed E-state index contributed by atoms with van der Waals surface area (Å²) in [6.45, 7) is 2.02. The first-order valence-electron chi connectivity index (χ1n) is 11.9. The third-order valence-electron chi connectivity index (χ3n) is 7.54. The van der Waals surface area contributed by atoms with Gasteiger partial charge in [-0.15, -0.1) is 10.2 Å². The van der Waals surface area contributed by atoms with E-state index in [0.29, 0.717) is 28.9 Å². The van der Waals surface area contributed by atoms with Crippen molar-refractivity contribution in [1.82, 2.24) is 19.7 Å². The Hall–Kier alpha value is -3.81. The lowest BCUT2D eigenvalue weighted by molar-refractivity contribution is -0.120. The Morgan fingerprint density at radius 1 is 1.14 bits per heavy atom. The van der Waals surface area contributed by atoms with Crippen molar-refractivity contribution >= 4 is 22.5 Å². The first-order chi connectivity index (χ1) is 17.0. The third kappa shape index (κ3) is 4.03. The highest BCUT2D eigenvalue weighted by molar-refractivity contribution is 5.93. The number of pyridine rings is 1. The van der Waals surface area contributed by atoms with E-state index in [1.165, 1.54) is 12.1 Å². The molecule has 1 unspecified atom stereocenters. The molecular weight excluding hydrogens is 445 g/mol. The summed E-state index contributed by atoms with van der Waals surface area (Å²) in [5.41, 5.74) is 2.44. The molecule has 7 nitrogen and oxygen atoms in total. The predicted octanol–water partition coefficient (Wildman–Crippen LogP) is 4.85. The number of fused-ring (bicyclic) bond motifs is 2. The fourth-order valence-corrected chi connectivity index (χ4v) is 5.73. The van der Waals surface area contributed by atoms with Crippen molar-refractivity contribution in [3.05, 3.63) is 66.9 Å². The minimum Gasteiger partial charge on any atom is -0.490 e. The summed E-state index contributed by atoms with van der Waals surface area (Å²) in [5.74, 6) is 2.49. The molecule has 1 amide bonds. The molecule has 0 spiro atoms. The Morgan fingerprint density at radius 2 is 1.91 bits per heavy atom. The average molecular weight is 472 g/mol. The fraction of sp³-hybridized carbons (Fsp3) is 0.333. The van der Waals surface area contributed by atoms with Crippen LogP contribution in [0, 0.1) is 29.5 Å². The molecule has 2 fully saturated rings. The van der Waals surface area contributed by atoms with Gasteiger partial charge in [-0.1, -0.05) is 6.92 Å². The lowest BCUT2D eigenvalue weighted by Crippen LogP contribution is -2.25. The van der Waals surface area contributed by atoms with E-state index < -0.39 is 0 Å². The van der Waals surface area contributed by atoms with Gasteiger partial charge in [0, 0.05) is 35.8 Å². The molecule has 2 aromatic carbocycles. The van der Waals surface area contributed by atoms with Gasteiger partial charge in [-0.25, -0.2) is 4.39 Å². The zero-order valence-corrected chi connectivity index (χ0v) is 19.6. The smallest absolute Gasteiger partial charge is 0.227 e. The zero-order chi connectivity index (χ0) is 24.1. The number of halogens is 1. The van der Waals surface area contributed by atoms with Gasteiger partial charge in [-0.3, -0.25) is 9.78 Å². The Morgan fingerprint density at radius 3 is 2.63 bits per heavy atom. The molecule has 6 rings (SSSR count). The first kappa shape index (κ1) is 21.7. The first-order valence-corrected chi connectivity index (χ1v) is 11.9. The highest BCUT2D eigenvalue weighted by Gasteiger charge is 2.59. The van der Waals surface area contributed by atoms with Gasteiger partial charge < -0.3 is 14.6 Å². The lowest BCUT2D eigenvalue weighted by atomic mass is 9.97. The molecule has 2 aromatic heterocycles. The van der Waals surface area contributed by atoms with E-state index in [-0.39, 0.29) is 23.7 Å². The number of carbonyl (C=O) groups is 1. The topological polar surface area (TPSA) is 81.9 Å². The van der Waals surface area contributed by atoms with E-state index in [1.807, 2.05) is 42.8 Å². The molecule has 5 atom stereocenters. The van der Waals surface area contributed by atoms with E-state index in [9.17, 15) is 9.18 Å². The van der Waals surface area contributed by atoms with E-state index in [4.69, 9.17) is 4.74 Å². The van der Waals surface area contributed by atoms with Gasteiger partial charge in [0.2, 0.25) is 5.91 Å². The maximum absolute atomic E-state index is 13.7. The Labute approximate surface area is 202 Å². The van der Waals surface area contributed by atoms with Gasteiger partial charge in [-0.2, -0.15) is 0 Å². The van der Waals surface area contributed by atoms with Crippen molar-refractivity contribution in [3.63, 3.8) is 0 Å². The zero-order valence-electron chi connectivity index (χ0n) is 19.6. The Balaban J connectivity index is 1.05. The molecule has 0 aliphatic heterocycles. The van der Waals surface area contributed by atoms with E-state index in [1.54, 1.807) is 24.7 Å². The van der Waals surface area contributed by atoms with Crippen LogP contribution >= 0.6 is 0 Å². The number of aryl methyl sites for hydroxylation is 1. The van der Waals surface area contributed by atoms with Gasteiger partial charge in [-0.05, 0) is 79.1 Å². The second kappa shape index (κ2) is 8.45. The van der Waals surface area contributed by atoms with Crippen molar-refractivity contribution in [3.8, 4) is 17.1 Å². The maximum Gasteiger partial charge on any atom is 0.227 e. The summed E-state index contributed by atoms with van der Waals surface area (Å²) >= 11 is 0. The molecule has 4 aromatic rings. The largest absolute Gasteiger partial charge is 0.490 e. The Kier molecular flexibility index (Phi) is 5.24. The third-order valence-corrected chi connectivity index (χ3v) is 7.54. The predicted molar refractivity (Wildman–Crippen MR) is 130 cm³/mol. The lowest BCUT2D eigenvalue weighted by Gasteiger charge is -2.20. The van der Waals surface area contributed by atoms with Gasteiger partial charge in [0.1, 0.15) is 17.9 Å². The fourth-order valence-electron chi connectivity index (χ4n) is 5.73. The summed E-state index contributed by atoms with van der Waals surface area (Å²) < 4.78 is 21.9. The number of ether oxygens (including phenoxy) is 1. The van der Waals surface area contributed by atoms with Crippen LogP contribution in [0.25, 0.3) is 22.3 Å². The second-order valence-corrected chi connectivity index (χ2v) is 9.71. The minimum atomic E-state index is -0.298. The van der Waals surface area contributed by atoms with Crippen molar-refractivity contribution in [2.75, 3.05) is 5.32 Å². The number of anilines is 1. The standard InChI is InChI=1S/C27H26FN5O2/c1-15(27(34)31-18-6-3-16(4-7-18)26-32-30-14-33(26)2)25-20-12-19(13-21(20)25)35-24-9-10-29-23-8-5-17(28)11-22(23)24/h3-11,14-15,19-21,25H,12-13H2,1-2H3,(H,31,34)/t15?,19-,20-,21+,25+. The molecule has 178 valence electrons. The quantitative estimate of drug-likeness (QED) is 0.435.